The number of carbonyl (C=O) groups excluding carboxylic acids is 1. The van der Waals surface area contributed by atoms with Gasteiger partial charge in [-0.15, -0.1) is 0 Å². The number of nitrogens with zero attached hydrogens (tertiary/aromatic N) is 5. The van der Waals surface area contributed by atoms with Gasteiger partial charge in [-0.25, -0.2) is 0 Å². The third-order valence-electron chi connectivity index (χ3n) is 6.39. The molecule has 0 radical (unpaired) electrons. The molecule has 160 valence electrons. The predicted molar refractivity (Wildman–Crippen MR) is 109 cm³/mol. The number of anilines is 1. The Bertz CT molecular complexity index is 992. The van der Waals surface area contributed by atoms with Gasteiger partial charge >= 0.3 is 0 Å². The lowest BCUT2D eigenvalue weighted by atomic mass is 9.83. The number of ether oxygens (including phenoxy) is 1. The summed E-state index contributed by atoms with van der Waals surface area (Å²) in [6.07, 6.45) is 2.55. The fraction of sp³-hybridized carbons (Fsp3) is 0.619. The van der Waals surface area contributed by atoms with Crippen molar-refractivity contribution in [3.63, 3.8) is 0 Å². The van der Waals surface area contributed by atoms with E-state index in [0.29, 0.717) is 57.0 Å². The highest BCUT2D eigenvalue weighted by Crippen LogP contribution is 2.36. The molecule has 0 unspecified atom stereocenters. The minimum absolute atomic E-state index is 0.168. The Kier molecular flexibility index (Phi) is 5.06. The van der Waals surface area contributed by atoms with Crippen molar-refractivity contribution in [3.8, 4) is 0 Å². The molecule has 2 fully saturated rings. The van der Waals surface area contributed by atoms with Gasteiger partial charge in [0.05, 0.1) is 6.61 Å². The van der Waals surface area contributed by atoms with Crippen LogP contribution in [0.2, 0.25) is 0 Å². The zero-order valence-corrected chi connectivity index (χ0v) is 17.2. The largest absolute Gasteiger partial charge is 0.380 e. The van der Waals surface area contributed by atoms with Crippen LogP contribution in [-0.4, -0.2) is 64.9 Å². The average Bonchev–Trinajstić information content (AvgIpc) is 3.08. The molecule has 0 spiro atoms. The number of pyridine rings is 1. The van der Waals surface area contributed by atoms with Gasteiger partial charge < -0.3 is 23.6 Å². The van der Waals surface area contributed by atoms with Crippen LogP contribution < -0.4 is 10.5 Å². The molecule has 3 aliphatic rings. The van der Waals surface area contributed by atoms with Gasteiger partial charge in [-0.05, 0) is 36.0 Å². The minimum Gasteiger partial charge on any atom is -0.380 e. The summed E-state index contributed by atoms with van der Waals surface area (Å²) < 4.78 is 12.5. The Morgan fingerprint density at radius 2 is 2.10 bits per heavy atom. The van der Waals surface area contributed by atoms with Crippen molar-refractivity contribution in [3.05, 3.63) is 39.6 Å². The molecule has 9 nitrogen and oxygen atoms in total. The molecule has 0 aromatic carbocycles. The van der Waals surface area contributed by atoms with Gasteiger partial charge in [-0.1, -0.05) is 6.92 Å². The quantitative estimate of drug-likeness (QED) is 0.748. The molecule has 0 saturated carbocycles. The van der Waals surface area contributed by atoms with Gasteiger partial charge in [0.25, 0.3) is 17.4 Å². The van der Waals surface area contributed by atoms with Crippen LogP contribution in [-0.2, 0) is 17.7 Å². The summed E-state index contributed by atoms with van der Waals surface area (Å²) >= 11 is 0. The molecule has 2 saturated heterocycles. The fourth-order valence-electron chi connectivity index (χ4n) is 4.91. The van der Waals surface area contributed by atoms with Gasteiger partial charge in [0.1, 0.15) is 5.56 Å². The van der Waals surface area contributed by atoms with Crippen LogP contribution in [0.3, 0.4) is 0 Å². The van der Waals surface area contributed by atoms with E-state index in [1.54, 1.807) is 11.0 Å². The van der Waals surface area contributed by atoms with Crippen molar-refractivity contribution < 1.29 is 14.1 Å². The third-order valence-corrected chi connectivity index (χ3v) is 6.39. The van der Waals surface area contributed by atoms with Crippen molar-refractivity contribution in [2.24, 2.45) is 5.92 Å². The molecule has 0 aliphatic carbocycles. The SMILES string of the molecule is CCc1nc(N2C[C@@H]3C[C@H](C2)c2ccc(C(=O)N4CCCOCC4)c(=O)n2C3)no1. The van der Waals surface area contributed by atoms with Gasteiger partial charge in [-0.2, -0.15) is 4.98 Å². The van der Waals surface area contributed by atoms with E-state index in [1.807, 2.05) is 17.6 Å². The van der Waals surface area contributed by atoms with E-state index in [4.69, 9.17) is 9.26 Å². The molecule has 3 aliphatic heterocycles. The highest BCUT2D eigenvalue weighted by Gasteiger charge is 2.37. The van der Waals surface area contributed by atoms with Gasteiger partial charge in [0.2, 0.25) is 5.89 Å². The van der Waals surface area contributed by atoms with Crippen molar-refractivity contribution in [1.29, 1.82) is 0 Å². The summed E-state index contributed by atoms with van der Waals surface area (Å²) in [5.74, 6) is 1.61. The Balaban J connectivity index is 1.41. The lowest BCUT2D eigenvalue weighted by molar-refractivity contribution is 0.0738. The molecule has 2 atom stereocenters. The number of piperidine rings is 1. The van der Waals surface area contributed by atoms with E-state index in [2.05, 4.69) is 15.0 Å². The number of aryl methyl sites for hydroxylation is 1. The van der Waals surface area contributed by atoms with E-state index in [0.717, 1.165) is 31.6 Å². The molecular weight excluding hydrogens is 386 g/mol. The lowest BCUT2D eigenvalue weighted by Crippen LogP contribution is -2.48. The summed E-state index contributed by atoms with van der Waals surface area (Å²) in [6, 6.07) is 3.67. The maximum absolute atomic E-state index is 13.2. The zero-order chi connectivity index (χ0) is 20.7. The van der Waals surface area contributed by atoms with Crippen LogP contribution in [0.1, 0.15) is 47.6 Å². The summed E-state index contributed by atoms with van der Waals surface area (Å²) in [5, 5.41) is 4.12. The number of hydrogen-bond donors (Lipinski definition) is 0. The van der Waals surface area contributed by atoms with Crippen LogP contribution in [0.4, 0.5) is 5.95 Å². The molecule has 0 N–H and O–H groups in total. The van der Waals surface area contributed by atoms with E-state index in [-0.39, 0.29) is 22.9 Å². The van der Waals surface area contributed by atoms with Gasteiger partial charge in [0, 0.05) is 57.4 Å². The highest BCUT2D eigenvalue weighted by molar-refractivity contribution is 5.94. The third kappa shape index (κ3) is 3.40. The summed E-state index contributed by atoms with van der Waals surface area (Å²) in [4.78, 5) is 34.6. The van der Waals surface area contributed by atoms with E-state index < -0.39 is 0 Å². The van der Waals surface area contributed by atoms with Crippen molar-refractivity contribution >= 4 is 11.9 Å². The topological polar surface area (TPSA) is 93.7 Å². The number of fused-ring (bicyclic) bond motifs is 4. The number of amides is 1. The normalized spacial score (nSPS) is 23.8. The van der Waals surface area contributed by atoms with Crippen LogP contribution in [0, 0.1) is 5.92 Å². The van der Waals surface area contributed by atoms with Crippen LogP contribution >= 0.6 is 0 Å². The fourth-order valence-corrected chi connectivity index (χ4v) is 4.91. The maximum Gasteiger partial charge on any atom is 0.266 e. The van der Waals surface area contributed by atoms with Crippen LogP contribution in [0.5, 0.6) is 0 Å². The first-order chi connectivity index (χ1) is 14.6. The van der Waals surface area contributed by atoms with Crippen molar-refractivity contribution in [1.82, 2.24) is 19.6 Å². The number of rotatable bonds is 3. The second kappa shape index (κ2) is 7.86. The first-order valence-electron chi connectivity index (χ1n) is 10.8. The molecule has 9 heteroatoms. The number of hydrogen-bond acceptors (Lipinski definition) is 7. The predicted octanol–water partition coefficient (Wildman–Crippen LogP) is 1.28. The number of aromatic nitrogens is 3. The molecule has 2 aromatic heterocycles. The summed E-state index contributed by atoms with van der Waals surface area (Å²) in [5.41, 5.74) is 1.10. The van der Waals surface area contributed by atoms with Crippen molar-refractivity contribution in [2.75, 3.05) is 44.3 Å². The second-order valence-electron chi connectivity index (χ2n) is 8.39. The maximum atomic E-state index is 13.2. The smallest absolute Gasteiger partial charge is 0.266 e. The minimum atomic E-state index is -0.183. The second-order valence-corrected chi connectivity index (χ2v) is 8.39. The molecule has 5 heterocycles. The number of carbonyl (C=O) groups is 1. The van der Waals surface area contributed by atoms with E-state index in [1.165, 1.54) is 0 Å². The Morgan fingerprint density at radius 3 is 2.93 bits per heavy atom. The lowest BCUT2D eigenvalue weighted by Gasteiger charge is -2.42. The molecule has 2 aromatic rings. The Hall–Kier alpha value is -2.68. The molecule has 30 heavy (non-hydrogen) atoms. The Morgan fingerprint density at radius 1 is 1.20 bits per heavy atom. The summed E-state index contributed by atoms with van der Waals surface area (Å²) in [7, 11) is 0. The molecule has 2 bridgehead atoms. The first kappa shape index (κ1) is 19.3. The zero-order valence-electron chi connectivity index (χ0n) is 17.2. The first-order valence-corrected chi connectivity index (χ1v) is 10.8. The Labute approximate surface area is 174 Å². The van der Waals surface area contributed by atoms with Crippen molar-refractivity contribution in [2.45, 2.75) is 38.6 Å². The van der Waals surface area contributed by atoms with Gasteiger partial charge in [0.15, 0.2) is 0 Å². The monoisotopic (exact) mass is 413 g/mol. The highest BCUT2D eigenvalue weighted by atomic mass is 16.5. The summed E-state index contributed by atoms with van der Waals surface area (Å²) in [6.45, 7) is 6.48. The molecular formula is C21H27N5O4. The molecule has 5 rings (SSSR count). The van der Waals surface area contributed by atoms with E-state index >= 15 is 0 Å². The van der Waals surface area contributed by atoms with Crippen LogP contribution in [0.15, 0.2) is 21.5 Å². The van der Waals surface area contributed by atoms with Crippen LogP contribution in [0.25, 0.3) is 0 Å². The van der Waals surface area contributed by atoms with Gasteiger partial charge in [-0.3, -0.25) is 9.59 Å². The van der Waals surface area contributed by atoms with E-state index in [9.17, 15) is 9.59 Å². The standard InChI is InChI=1S/C21H27N5O4/c1-2-18-22-21(23-30-18)25-11-14-10-15(13-25)17-5-4-16(20(28)26(17)12-14)19(27)24-6-3-8-29-9-7-24/h4-5,14-15H,2-3,6-13H2,1H3/t14-,15+/m0/s1. The molecule has 1 amide bonds. The average molecular weight is 413 g/mol.